The minimum absolute atomic E-state index is 0.263. The first-order valence-corrected chi connectivity index (χ1v) is 7.72. The molecule has 23 heavy (non-hydrogen) atoms. The molecule has 1 N–H and O–H groups in total. The van der Waals surface area contributed by atoms with Gasteiger partial charge in [-0.1, -0.05) is 30.3 Å². The van der Waals surface area contributed by atoms with Crippen LogP contribution in [0.2, 0.25) is 0 Å². The fraction of sp³-hybridized carbons (Fsp3) is 0.211. The van der Waals surface area contributed by atoms with E-state index in [1.807, 2.05) is 48.5 Å². The van der Waals surface area contributed by atoms with E-state index in [4.69, 9.17) is 4.74 Å². The van der Waals surface area contributed by atoms with Gasteiger partial charge in [0.25, 0.3) is 0 Å². The average molecular weight is 308 g/mol. The van der Waals surface area contributed by atoms with Gasteiger partial charge in [0.2, 0.25) is 0 Å². The summed E-state index contributed by atoms with van der Waals surface area (Å²) in [5.41, 5.74) is 2.85. The largest absolute Gasteiger partial charge is 0.444 e. The van der Waals surface area contributed by atoms with Crippen LogP contribution in [0.1, 0.15) is 25.5 Å². The monoisotopic (exact) mass is 308 g/mol. The molecule has 3 aromatic rings. The number of rotatable bonds is 4. The molecule has 0 bridgehead atoms. The van der Waals surface area contributed by atoms with E-state index in [-0.39, 0.29) is 6.61 Å². The van der Waals surface area contributed by atoms with Crippen molar-refractivity contribution in [1.29, 1.82) is 0 Å². The Labute approximate surface area is 135 Å². The van der Waals surface area contributed by atoms with Crippen LogP contribution in [0.15, 0.2) is 60.8 Å². The summed E-state index contributed by atoms with van der Waals surface area (Å²) in [5.74, 6) is 0. The molecule has 0 fully saturated rings. The van der Waals surface area contributed by atoms with Gasteiger partial charge in [0, 0.05) is 28.8 Å². The molecule has 0 aliphatic heterocycles. The maximum absolute atomic E-state index is 11.9. The lowest BCUT2D eigenvalue weighted by atomic mass is 10.2. The highest BCUT2D eigenvalue weighted by molar-refractivity contribution is 5.90. The van der Waals surface area contributed by atoms with Crippen LogP contribution in [0.25, 0.3) is 10.9 Å². The van der Waals surface area contributed by atoms with Crippen LogP contribution in [0.3, 0.4) is 0 Å². The third-order valence-corrected chi connectivity index (χ3v) is 3.74. The van der Waals surface area contributed by atoms with Gasteiger partial charge >= 0.3 is 6.09 Å². The van der Waals surface area contributed by atoms with Crippen LogP contribution in [0.4, 0.5) is 10.5 Å². The molecule has 0 atom stereocenters. The predicted octanol–water partition coefficient (Wildman–Crippen LogP) is 4.97. The highest BCUT2D eigenvalue weighted by Gasteiger charge is 2.07. The third-order valence-electron chi connectivity index (χ3n) is 3.74. The molecule has 4 heteroatoms. The fourth-order valence-corrected chi connectivity index (χ4v) is 2.57. The zero-order valence-electron chi connectivity index (χ0n) is 13.3. The average Bonchev–Trinajstić information content (AvgIpc) is 2.97. The number of nitrogens with one attached hydrogen (secondary N) is 1. The molecule has 3 rings (SSSR count). The van der Waals surface area contributed by atoms with Crippen molar-refractivity contribution in [2.24, 2.45) is 0 Å². The molecule has 1 heterocycles. The Morgan fingerprint density at radius 3 is 2.65 bits per heavy atom. The fourth-order valence-electron chi connectivity index (χ4n) is 2.57. The molecule has 2 aromatic carbocycles. The van der Waals surface area contributed by atoms with Gasteiger partial charge in [-0.25, -0.2) is 4.79 Å². The van der Waals surface area contributed by atoms with E-state index in [9.17, 15) is 4.79 Å². The Bertz CT molecular complexity index is 807. The minimum atomic E-state index is -0.448. The molecule has 0 saturated carbocycles. The summed E-state index contributed by atoms with van der Waals surface area (Å²) in [6.45, 7) is 4.55. The van der Waals surface area contributed by atoms with Gasteiger partial charge in [0.1, 0.15) is 6.61 Å². The summed E-state index contributed by atoms with van der Waals surface area (Å²) in [5, 5.41) is 3.87. The number of ether oxygens (including phenoxy) is 1. The molecule has 4 nitrogen and oxygen atoms in total. The first kappa shape index (κ1) is 15.2. The number of amides is 1. The first-order chi connectivity index (χ1) is 11.1. The summed E-state index contributed by atoms with van der Waals surface area (Å²) in [6, 6.07) is 17.9. The van der Waals surface area contributed by atoms with Gasteiger partial charge in [-0.15, -0.1) is 0 Å². The third kappa shape index (κ3) is 3.54. The number of aromatic nitrogens is 1. The van der Waals surface area contributed by atoms with E-state index in [2.05, 4.69) is 36.0 Å². The second-order valence-corrected chi connectivity index (χ2v) is 5.78. The number of hydrogen-bond donors (Lipinski definition) is 1. The Morgan fingerprint density at radius 2 is 1.91 bits per heavy atom. The quantitative estimate of drug-likeness (QED) is 0.739. The molecule has 0 spiro atoms. The number of benzene rings is 2. The molecule has 0 aliphatic carbocycles. The van der Waals surface area contributed by atoms with Gasteiger partial charge in [-0.05, 0) is 43.7 Å². The maximum atomic E-state index is 11.9. The zero-order chi connectivity index (χ0) is 16.2. The van der Waals surface area contributed by atoms with E-state index < -0.39 is 6.09 Å². The van der Waals surface area contributed by atoms with Crippen LogP contribution in [-0.2, 0) is 11.3 Å². The topological polar surface area (TPSA) is 43.3 Å². The lowest BCUT2D eigenvalue weighted by molar-refractivity contribution is 0.155. The minimum Gasteiger partial charge on any atom is -0.444 e. The number of anilines is 1. The van der Waals surface area contributed by atoms with Crippen molar-refractivity contribution in [1.82, 2.24) is 4.57 Å². The molecular formula is C19H20N2O2. The Kier molecular flexibility index (Phi) is 4.33. The predicted molar refractivity (Wildman–Crippen MR) is 92.6 cm³/mol. The van der Waals surface area contributed by atoms with E-state index in [0.717, 1.165) is 22.2 Å². The Balaban J connectivity index is 1.65. The normalized spacial score (nSPS) is 10.9. The van der Waals surface area contributed by atoms with Crippen molar-refractivity contribution in [3.63, 3.8) is 0 Å². The Hall–Kier alpha value is -2.75. The maximum Gasteiger partial charge on any atom is 0.411 e. The van der Waals surface area contributed by atoms with Crippen LogP contribution in [0, 0.1) is 0 Å². The van der Waals surface area contributed by atoms with Crippen LogP contribution < -0.4 is 5.32 Å². The first-order valence-electron chi connectivity index (χ1n) is 7.72. The van der Waals surface area contributed by atoms with Crippen molar-refractivity contribution in [2.75, 3.05) is 5.32 Å². The summed E-state index contributed by atoms with van der Waals surface area (Å²) >= 11 is 0. The van der Waals surface area contributed by atoms with E-state index in [0.29, 0.717) is 6.04 Å². The lowest BCUT2D eigenvalue weighted by Crippen LogP contribution is -2.13. The summed E-state index contributed by atoms with van der Waals surface area (Å²) in [7, 11) is 0. The van der Waals surface area contributed by atoms with Gasteiger partial charge in [0.05, 0.1) is 0 Å². The van der Waals surface area contributed by atoms with Gasteiger partial charge in [-0.3, -0.25) is 5.32 Å². The van der Waals surface area contributed by atoms with Crippen molar-refractivity contribution < 1.29 is 9.53 Å². The second kappa shape index (κ2) is 6.57. The van der Waals surface area contributed by atoms with Crippen LogP contribution in [0.5, 0.6) is 0 Å². The van der Waals surface area contributed by atoms with Crippen molar-refractivity contribution in [3.05, 3.63) is 66.4 Å². The molecule has 0 saturated heterocycles. The van der Waals surface area contributed by atoms with Gasteiger partial charge < -0.3 is 9.30 Å². The molecule has 0 aliphatic rings. The molecule has 0 radical (unpaired) electrons. The zero-order valence-corrected chi connectivity index (χ0v) is 13.3. The van der Waals surface area contributed by atoms with Gasteiger partial charge in [0.15, 0.2) is 0 Å². The summed E-state index contributed by atoms with van der Waals surface area (Å²) in [6.07, 6.45) is 1.61. The smallest absolute Gasteiger partial charge is 0.411 e. The molecule has 118 valence electrons. The highest BCUT2D eigenvalue weighted by Crippen LogP contribution is 2.23. The molecule has 1 amide bonds. The van der Waals surface area contributed by atoms with E-state index >= 15 is 0 Å². The number of hydrogen-bond acceptors (Lipinski definition) is 2. The molecular weight excluding hydrogens is 288 g/mol. The number of nitrogens with zero attached hydrogens (tertiary/aromatic N) is 1. The van der Waals surface area contributed by atoms with Crippen molar-refractivity contribution >= 4 is 22.7 Å². The van der Waals surface area contributed by atoms with Crippen LogP contribution >= 0.6 is 0 Å². The van der Waals surface area contributed by atoms with Crippen LogP contribution in [-0.4, -0.2) is 10.7 Å². The molecule has 0 unspecified atom stereocenters. The summed E-state index contributed by atoms with van der Waals surface area (Å²) in [4.78, 5) is 11.9. The summed E-state index contributed by atoms with van der Waals surface area (Å²) < 4.78 is 7.43. The number of carbonyl (C=O) groups excluding carboxylic acids is 1. The SMILES string of the molecule is CC(C)n1ccc2cc(NC(=O)OCc3ccccc3)ccc21. The second-order valence-electron chi connectivity index (χ2n) is 5.78. The van der Waals surface area contributed by atoms with Crippen molar-refractivity contribution in [3.8, 4) is 0 Å². The van der Waals surface area contributed by atoms with Gasteiger partial charge in [-0.2, -0.15) is 0 Å². The Morgan fingerprint density at radius 1 is 1.13 bits per heavy atom. The van der Waals surface area contributed by atoms with E-state index in [1.165, 1.54) is 0 Å². The van der Waals surface area contributed by atoms with E-state index in [1.54, 1.807) is 0 Å². The lowest BCUT2D eigenvalue weighted by Gasteiger charge is -2.10. The van der Waals surface area contributed by atoms with Crippen molar-refractivity contribution in [2.45, 2.75) is 26.5 Å². The standard InChI is InChI=1S/C19H20N2O2/c1-14(2)21-11-10-16-12-17(8-9-18(16)21)20-19(22)23-13-15-6-4-3-5-7-15/h3-12,14H,13H2,1-2H3,(H,20,22). The number of fused-ring (bicyclic) bond motifs is 1. The highest BCUT2D eigenvalue weighted by atomic mass is 16.5. The molecule has 1 aromatic heterocycles. The number of carbonyl (C=O) groups is 1.